The average molecular weight is 474 g/mol. The summed E-state index contributed by atoms with van der Waals surface area (Å²) in [5.74, 6) is 0.319. The molecule has 10 heteroatoms. The van der Waals surface area contributed by atoms with Crippen LogP contribution in [-0.4, -0.2) is 42.6 Å². The zero-order valence-corrected chi connectivity index (χ0v) is 19.3. The lowest BCUT2D eigenvalue weighted by Crippen LogP contribution is -2.36. The van der Waals surface area contributed by atoms with Crippen molar-refractivity contribution in [1.29, 1.82) is 0 Å². The van der Waals surface area contributed by atoms with E-state index in [2.05, 4.69) is 10.1 Å². The van der Waals surface area contributed by atoms with Crippen molar-refractivity contribution in [3.05, 3.63) is 64.9 Å². The molecule has 0 bridgehead atoms. The Morgan fingerprint density at radius 1 is 1.21 bits per heavy atom. The number of hydrogen-bond donors (Lipinski definition) is 0. The first-order valence-corrected chi connectivity index (χ1v) is 12.1. The molecule has 2 aromatic heterocycles. The van der Waals surface area contributed by atoms with Crippen LogP contribution in [-0.2, 0) is 10.0 Å². The third kappa shape index (κ3) is 3.76. The number of ether oxygens (including phenoxy) is 2. The summed E-state index contributed by atoms with van der Waals surface area (Å²) in [5, 5.41) is 3.82. The molecule has 3 atom stereocenters. The maximum atomic E-state index is 14.2. The quantitative estimate of drug-likeness (QED) is 0.559. The zero-order valence-electron chi connectivity index (χ0n) is 18.5. The predicted molar refractivity (Wildman–Crippen MR) is 116 cm³/mol. The fourth-order valence-electron chi connectivity index (χ4n) is 4.81. The maximum absolute atomic E-state index is 14.2. The molecule has 0 aliphatic carbocycles. The van der Waals surface area contributed by atoms with Gasteiger partial charge in [-0.05, 0) is 45.0 Å². The molecule has 1 aromatic carbocycles. The summed E-state index contributed by atoms with van der Waals surface area (Å²) in [7, 11) is -3.98. The van der Waals surface area contributed by atoms with Gasteiger partial charge >= 0.3 is 0 Å². The van der Waals surface area contributed by atoms with Gasteiger partial charge in [-0.15, -0.1) is 0 Å². The molecule has 8 nitrogen and oxygen atoms in total. The second kappa shape index (κ2) is 8.11. The van der Waals surface area contributed by atoms with Gasteiger partial charge in [0.25, 0.3) is 0 Å². The fourth-order valence-corrected chi connectivity index (χ4v) is 6.81. The third-order valence-corrected chi connectivity index (χ3v) is 8.39. The average Bonchev–Trinajstić information content (AvgIpc) is 3.33. The molecule has 0 unspecified atom stereocenters. The van der Waals surface area contributed by atoms with Crippen molar-refractivity contribution in [2.24, 2.45) is 11.8 Å². The van der Waals surface area contributed by atoms with Crippen molar-refractivity contribution < 1.29 is 26.8 Å². The largest absolute Gasteiger partial charge is 0.493 e. The molecule has 5 rings (SSSR count). The van der Waals surface area contributed by atoms with Gasteiger partial charge in [-0.2, -0.15) is 4.31 Å². The molecule has 4 heterocycles. The lowest BCUT2D eigenvalue weighted by Gasteiger charge is -2.34. The summed E-state index contributed by atoms with van der Waals surface area (Å²) >= 11 is 0. The molecule has 0 saturated carbocycles. The van der Waals surface area contributed by atoms with Crippen LogP contribution in [0.4, 0.5) is 4.39 Å². The van der Waals surface area contributed by atoms with Crippen molar-refractivity contribution in [3.63, 3.8) is 0 Å². The monoisotopic (exact) mass is 473 g/mol. The molecular formula is C23H24FN3O5S. The Morgan fingerprint density at radius 2 is 2.03 bits per heavy atom. The molecule has 2 aliphatic rings. The Balaban J connectivity index is 1.53. The van der Waals surface area contributed by atoms with E-state index >= 15 is 0 Å². The molecule has 1 saturated heterocycles. The molecule has 174 valence electrons. The SMILES string of the molecule is Cc1cccc(OC[C@@H]2CN(S(=O)(=O)c3c(C)noc3C)[C@H]3c4cc(F)ccc4OC[C@@H]23)n1. The highest BCUT2D eigenvalue weighted by Crippen LogP contribution is 2.50. The van der Waals surface area contributed by atoms with E-state index in [0.717, 1.165) is 5.69 Å². The van der Waals surface area contributed by atoms with Crippen LogP contribution in [0.5, 0.6) is 11.6 Å². The molecular weight excluding hydrogens is 449 g/mol. The lowest BCUT2D eigenvalue weighted by molar-refractivity contribution is 0.134. The number of aryl methyl sites for hydroxylation is 3. The van der Waals surface area contributed by atoms with E-state index in [1.54, 1.807) is 26.0 Å². The molecule has 33 heavy (non-hydrogen) atoms. The van der Waals surface area contributed by atoms with E-state index in [9.17, 15) is 12.8 Å². The summed E-state index contributed by atoms with van der Waals surface area (Å²) in [6, 6.07) is 9.10. The van der Waals surface area contributed by atoms with Crippen molar-refractivity contribution in [2.75, 3.05) is 19.8 Å². The highest BCUT2D eigenvalue weighted by Gasteiger charge is 2.52. The number of fused-ring (bicyclic) bond motifs is 3. The Hall–Kier alpha value is -2.98. The van der Waals surface area contributed by atoms with Crippen molar-refractivity contribution in [3.8, 4) is 11.6 Å². The molecule has 2 aliphatic heterocycles. The van der Waals surface area contributed by atoms with Gasteiger partial charge in [-0.1, -0.05) is 11.2 Å². The predicted octanol–water partition coefficient (Wildman–Crippen LogP) is 3.58. The Kier molecular flexibility index (Phi) is 5.37. The van der Waals surface area contributed by atoms with Crippen LogP contribution in [0.3, 0.4) is 0 Å². The number of hydrogen-bond acceptors (Lipinski definition) is 7. The number of aromatic nitrogens is 2. The Labute approximate surface area is 191 Å². The van der Waals surface area contributed by atoms with Crippen molar-refractivity contribution in [2.45, 2.75) is 31.7 Å². The second-order valence-electron chi connectivity index (χ2n) is 8.52. The van der Waals surface area contributed by atoms with Crippen LogP contribution >= 0.6 is 0 Å². The number of nitrogens with zero attached hydrogens (tertiary/aromatic N) is 3. The highest BCUT2D eigenvalue weighted by atomic mass is 32.2. The van der Waals surface area contributed by atoms with Crippen molar-refractivity contribution >= 4 is 10.0 Å². The summed E-state index contributed by atoms with van der Waals surface area (Å²) in [4.78, 5) is 4.41. The summed E-state index contributed by atoms with van der Waals surface area (Å²) in [6.07, 6.45) is 0. The fraction of sp³-hybridized carbons (Fsp3) is 0.391. The molecule has 1 fully saturated rings. The first-order valence-electron chi connectivity index (χ1n) is 10.7. The van der Waals surface area contributed by atoms with E-state index < -0.39 is 21.9 Å². The molecule has 0 N–H and O–H groups in total. The third-order valence-electron chi connectivity index (χ3n) is 6.30. The van der Waals surface area contributed by atoms with Gasteiger partial charge < -0.3 is 14.0 Å². The van der Waals surface area contributed by atoms with Gasteiger partial charge in [0, 0.05) is 35.7 Å². The van der Waals surface area contributed by atoms with E-state index in [1.165, 1.54) is 16.4 Å². The summed E-state index contributed by atoms with van der Waals surface area (Å²) < 4.78 is 60.2. The van der Waals surface area contributed by atoms with Gasteiger partial charge in [0.05, 0.1) is 19.3 Å². The summed E-state index contributed by atoms with van der Waals surface area (Å²) in [6.45, 7) is 5.77. The van der Waals surface area contributed by atoms with Gasteiger partial charge in [0.15, 0.2) is 5.76 Å². The molecule has 0 radical (unpaired) electrons. The minimum absolute atomic E-state index is 0.0487. The van der Waals surface area contributed by atoms with Crippen LogP contribution in [0.2, 0.25) is 0 Å². The van der Waals surface area contributed by atoms with Gasteiger partial charge in [-0.25, -0.2) is 17.8 Å². The van der Waals surface area contributed by atoms with Gasteiger partial charge in [0.2, 0.25) is 15.9 Å². The maximum Gasteiger partial charge on any atom is 0.249 e. The van der Waals surface area contributed by atoms with Crippen LogP contribution in [0, 0.1) is 38.4 Å². The first-order chi connectivity index (χ1) is 15.8. The lowest BCUT2D eigenvalue weighted by atomic mass is 9.86. The second-order valence-corrected chi connectivity index (χ2v) is 10.3. The number of sulfonamides is 1. The normalized spacial score (nSPS) is 22.5. The van der Waals surface area contributed by atoms with Crippen LogP contribution in [0.1, 0.15) is 28.8 Å². The molecule has 0 amide bonds. The van der Waals surface area contributed by atoms with Crippen molar-refractivity contribution in [1.82, 2.24) is 14.4 Å². The molecule has 3 aromatic rings. The van der Waals surface area contributed by atoms with E-state index in [4.69, 9.17) is 14.0 Å². The number of rotatable bonds is 5. The van der Waals surface area contributed by atoms with Gasteiger partial charge in [0.1, 0.15) is 22.2 Å². The Bertz CT molecular complexity index is 1290. The number of benzene rings is 1. The molecule has 0 spiro atoms. The minimum atomic E-state index is -3.98. The number of pyridine rings is 1. The topological polar surface area (TPSA) is 94.8 Å². The van der Waals surface area contributed by atoms with E-state index in [1.807, 2.05) is 19.1 Å². The van der Waals surface area contributed by atoms with E-state index in [-0.39, 0.29) is 35.6 Å². The van der Waals surface area contributed by atoms with Gasteiger partial charge in [-0.3, -0.25) is 0 Å². The van der Waals surface area contributed by atoms with Crippen LogP contribution in [0.25, 0.3) is 0 Å². The van der Waals surface area contributed by atoms with Crippen LogP contribution < -0.4 is 9.47 Å². The van der Waals surface area contributed by atoms with Crippen LogP contribution in [0.15, 0.2) is 45.8 Å². The standard InChI is InChI=1S/C23H24FN3O5S/c1-13-5-4-6-21(25-13)31-11-16-10-27(33(28,29)23-14(2)26-32-15(23)3)22-18-9-17(24)7-8-20(18)30-12-19(16)22/h4-9,16,19,22H,10-12H2,1-3H3/t16-,19-,22-/m0/s1. The smallest absolute Gasteiger partial charge is 0.249 e. The Morgan fingerprint density at radius 3 is 2.76 bits per heavy atom. The van der Waals surface area contributed by atoms with E-state index in [0.29, 0.717) is 29.5 Å². The highest BCUT2D eigenvalue weighted by molar-refractivity contribution is 7.89. The summed E-state index contributed by atoms with van der Waals surface area (Å²) in [5.41, 5.74) is 1.63. The minimum Gasteiger partial charge on any atom is -0.493 e. The zero-order chi connectivity index (χ0) is 23.3. The number of halogens is 1. The first kappa shape index (κ1) is 21.8.